The van der Waals surface area contributed by atoms with Crippen LogP contribution in [0.4, 0.5) is 5.69 Å². The highest BCUT2D eigenvalue weighted by molar-refractivity contribution is 6.41. The third-order valence-electron chi connectivity index (χ3n) is 2.36. The van der Waals surface area contributed by atoms with E-state index < -0.39 is 0 Å². The maximum atomic E-state index is 6.02. The summed E-state index contributed by atoms with van der Waals surface area (Å²) < 4.78 is 1.94. The highest BCUT2D eigenvalue weighted by Crippen LogP contribution is 2.33. The van der Waals surface area contributed by atoms with Gasteiger partial charge >= 0.3 is 0 Å². The summed E-state index contributed by atoms with van der Waals surface area (Å²) in [6.45, 7) is 0. The van der Waals surface area contributed by atoms with Gasteiger partial charge in [0.1, 0.15) is 0 Å². The quantitative estimate of drug-likeness (QED) is 0.659. The van der Waals surface area contributed by atoms with Gasteiger partial charge in [-0.25, -0.2) is 0 Å². The van der Waals surface area contributed by atoms with Crippen LogP contribution in [0.2, 0.25) is 15.1 Å². The van der Waals surface area contributed by atoms with Gasteiger partial charge in [-0.2, -0.15) is 5.10 Å². The van der Waals surface area contributed by atoms with Gasteiger partial charge in [-0.05, 0) is 24.3 Å². The molecule has 0 aliphatic rings. The molecule has 2 aromatic rings. The number of aromatic nitrogens is 1. The Bertz CT molecular complexity index is 567. The Morgan fingerprint density at radius 1 is 1.22 bits per heavy atom. The first-order chi connectivity index (χ1) is 8.58. The van der Waals surface area contributed by atoms with Crippen molar-refractivity contribution < 1.29 is 0 Å². The van der Waals surface area contributed by atoms with E-state index in [-0.39, 0.29) is 0 Å². The Morgan fingerprint density at radius 2 is 1.89 bits per heavy atom. The predicted octanol–water partition coefficient (Wildman–Crippen LogP) is 4.43. The van der Waals surface area contributed by atoms with Crippen LogP contribution in [-0.2, 0) is 7.05 Å². The molecule has 1 heterocycles. The maximum absolute atomic E-state index is 6.02. The molecule has 0 radical (unpaired) electrons. The fourth-order valence-corrected chi connectivity index (χ4v) is 2.32. The van der Waals surface area contributed by atoms with Crippen LogP contribution >= 0.6 is 34.8 Å². The molecule has 0 saturated carbocycles. The Balaban J connectivity index is 2.16. The fraction of sp³-hybridized carbons (Fsp3) is 0.0833. The topological polar surface area (TPSA) is 29.3 Å². The molecule has 0 atom stereocenters. The number of anilines is 1. The Morgan fingerprint density at radius 3 is 2.44 bits per heavy atom. The first-order valence-corrected chi connectivity index (χ1v) is 6.26. The third kappa shape index (κ3) is 2.99. The van der Waals surface area contributed by atoms with Gasteiger partial charge in [-0.15, -0.1) is 0 Å². The molecule has 0 bridgehead atoms. The third-order valence-corrected chi connectivity index (χ3v) is 3.18. The first kappa shape index (κ1) is 13.3. The van der Waals surface area contributed by atoms with Crippen molar-refractivity contribution in [3.8, 4) is 0 Å². The first-order valence-electron chi connectivity index (χ1n) is 5.13. The van der Waals surface area contributed by atoms with E-state index in [4.69, 9.17) is 34.8 Å². The summed E-state index contributed by atoms with van der Waals surface area (Å²) in [5, 5.41) is 5.43. The largest absolute Gasteiger partial charge is 0.350 e. The lowest BCUT2D eigenvalue weighted by atomic mass is 10.3. The van der Waals surface area contributed by atoms with Crippen LogP contribution in [0, 0.1) is 0 Å². The maximum Gasteiger partial charge on any atom is 0.0935 e. The number of nitrogens with one attached hydrogen (secondary N) is 1. The van der Waals surface area contributed by atoms with Crippen LogP contribution in [-0.4, -0.2) is 10.8 Å². The molecule has 0 amide bonds. The second-order valence-electron chi connectivity index (χ2n) is 3.66. The molecule has 1 aromatic carbocycles. The molecule has 0 saturated heterocycles. The standard InChI is InChI=1S/C12H10Cl3N3/c1-18-4-2-3-9(18)7-16-17-12-10(14)5-8(13)6-11(12)15/h2-7,17H,1H3/b16-7+. The van der Waals surface area contributed by atoms with Crippen molar-refractivity contribution in [1.29, 1.82) is 0 Å². The molecule has 18 heavy (non-hydrogen) atoms. The van der Waals surface area contributed by atoms with Crippen LogP contribution in [0.25, 0.3) is 0 Å². The molecule has 0 fully saturated rings. The number of benzene rings is 1. The number of aryl methyl sites for hydroxylation is 1. The zero-order valence-electron chi connectivity index (χ0n) is 9.49. The van der Waals surface area contributed by atoms with Gasteiger partial charge in [-0.3, -0.25) is 5.43 Å². The number of hydrogen-bond acceptors (Lipinski definition) is 2. The Hall–Kier alpha value is -1.16. The second-order valence-corrected chi connectivity index (χ2v) is 4.91. The Labute approximate surface area is 120 Å². The summed E-state index contributed by atoms with van der Waals surface area (Å²) in [5.74, 6) is 0. The second kappa shape index (κ2) is 5.65. The molecule has 0 spiro atoms. The van der Waals surface area contributed by atoms with Gasteiger partial charge in [0.05, 0.1) is 27.6 Å². The van der Waals surface area contributed by atoms with E-state index >= 15 is 0 Å². The average molecular weight is 303 g/mol. The molecule has 94 valence electrons. The van der Waals surface area contributed by atoms with Crippen molar-refractivity contribution in [2.75, 3.05) is 5.43 Å². The summed E-state index contributed by atoms with van der Waals surface area (Å²) in [4.78, 5) is 0. The number of halogens is 3. The fourth-order valence-electron chi connectivity index (χ4n) is 1.42. The van der Waals surface area contributed by atoms with Gasteiger partial charge in [0.15, 0.2) is 0 Å². The molecule has 3 nitrogen and oxygen atoms in total. The van der Waals surface area contributed by atoms with E-state index in [2.05, 4.69) is 10.5 Å². The van der Waals surface area contributed by atoms with Gasteiger partial charge in [0, 0.05) is 18.3 Å². The van der Waals surface area contributed by atoms with Crippen LogP contribution in [0.1, 0.15) is 5.69 Å². The summed E-state index contributed by atoms with van der Waals surface area (Å²) in [5.41, 5.74) is 4.30. The van der Waals surface area contributed by atoms with Gasteiger partial charge < -0.3 is 4.57 Å². The average Bonchev–Trinajstić information content (AvgIpc) is 2.68. The zero-order valence-corrected chi connectivity index (χ0v) is 11.8. The molecule has 0 aliphatic carbocycles. The normalized spacial score (nSPS) is 11.1. The van der Waals surface area contributed by atoms with Crippen molar-refractivity contribution >= 4 is 46.7 Å². The minimum absolute atomic E-state index is 0.427. The Kier molecular flexibility index (Phi) is 4.17. The summed E-state index contributed by atoms with van der Waals surface area (Å²) in [7, 11) is 1.93. The van der Waals surface area contributed by atoms with Crippen molar-refractivity contribution in [3.05, 3.63) is 51.2 Å². The summed E-state index contributed by atoms with van der Waals surface area (Å²) in [6, 6.07) is 7.09. The van der Waals surface area contributed by atoms with Crippen molar-refractivity contribution in [2.45, 2.75) is 0 Å². The molecule has 2 rings (SSSR count). The molecule has 0 unspecified atom stereocenters. The van der Waals surface area contributed by atoms with E-state index in [1.54, 1.807) is 18.3 Å². The zero-order chi connectivity index (χ0) is 13.1. The SMILES string of the molecule is Cn1cccc1/C=N/Nc1c(Cl)cc(Cl)cc1Cl. The summed E-state index contributed by atoms with van der Waals surface area (Å²) >= 11 is 17.9. The van der Waals surface area contributed by atoms with Crippen molar-refractivity contribution in [2.24, 2.45) is 12.1 Å². The molecule has 1 aromatic heterocycles. The lowest BCUT2D eigenvalue weighted by molar-refractivity contribution is 0.918. The number of nitrogens with zero attached hydrogens (tertiary/aromatic N) is 2. The monoisotopic (exact) mass is 301 g/mol. The molecular weight excluding hydrogens is 293 g/mol. The highest BCUT2D eigenvalue weighted by atomic mass is 35.5. The van der Waals surface area contributed by atoms with Crippen molar-refractivity contribution in [1.82, 2.24) is 4.57 Å². The van der Waals surface area contributed by atoms with Crippen LogP contribution in [0.3, 0.4) is 0 Å². The van der Waals surface area contributed by atoms with E-state index in [9.17, 15) is 0 Å². The lowest BCUT2D eigenvalue weighted by Gasteiger charge is -2.06. The van der Waals surface area contributed by atoms with Crippen LogP contribution in [0.15, 0.2) is 35.6 Å². The van der Waals surface area contributed by atoms with Crippen molar-refractivity contribution in [3.63, 3.8) is 0 Å². The minimum atomic E-state index is 0.427. The summed E-state index contributed by atoms with van der Waals surface area (Å²) in [6.07, 6.45) is 3.62. The highest BCUT2D eigenvalue weighted by Gasteiger charge is 2.06. The van der Waals surface area contributed by atoms with E-state index in [1.165, 1.54) is 0 Å². The number of rotatable bonds is 3. The lowest BCUT2D eigenvalue weighted by Crippen LogP contribution is -1.96. The number of hydrazone groups is 1. The van der Waals surface area contributed by atoms with Crippen LogP contribution < -0.4 is 5.43 Å². The molecule has 6 heteroatoms. The number of hydrogen-bond donors (Lipinski definition) is 1. The van der Waals surface area contributed by atoms with Crippen LogP contribution in [0.5, 0.6) is 0 Å². The predicted molar refractivity (Wildman–Crippen MR) is 78.1 cm³/mol. The molecule has 0 aliphatic heterocycles. The van der Waals surface area contributed by atoms with Gasteiger partial charge in [0.25, 0.3) is 0 Å². The van der Waals surface area contributed by atoms with Gasteiger partial charge in [-0.1, -0.05) is 34.8 Å². The van der Waals surface area contributed by atoms with E-state index in [1.807, 2.05) is 29.9 Å². The van der Waals surface area contributed by atoms with E-state index in [0.29, 0.717) is 20.8 Å². The van der Waals surface area contributed by atoms with Gasteiger partial charge in [0.2, 0.25) is 0 Å². The van der Waals surface area contributed by atoms with E-state index in [0.717, 1.165) is 5.69 Å². The molecular formula is C12H10Cl3N3. The minimum Gasteiger partial charge on any atom is -0.350 e. The molecule has 1 N–H and O–H groups in total. The smallest absolute Gasteiger partial charge is 0.0935 e.